The van der Waals surface area contributed by atoms with Gasteiger partial charge in [-0.25, -0.2) is 14.8 Å². The predicted octanol–water partition coefficient (Wildman–Crippen LogP) is 7.75. The number of esters is 1. The topological polar surface area (TPSA) is 155 Å². The molecule has 1 atom stereocenters. The van der Waals surface area contributed by atoms with Gasteiger partial charge in [-0.05, 0) is 72.8 Å². The fourth-order valence-electron chi connectivity index (χ4n) is 5.85. The predicted molar refractivity (Wildman–Crippen MR) is 208 cm³/mol. The van der Waals surface area contributed by atoms with Crippen LogP contribution >= 0.6 is 57.9 Å². The lowest BCUT2D eigenvalue weighted by Gasteiger charge is -2.27. The zero-order chi connectivity index (χ0) is 38.1. The standard InChI is InChI=1S/C37H25Cl3N6O6S2/c1-3-52-35(48)30-31(20-7-5-4-6-8-20)41-37-45(32(30)24-17-21(38)11-13-27(24)51-2)34(47)29(54-37)16-19-9-14-28(26(15-19)46(49)50)53-36-42-33(43-44-36)23-12-10-22(39)18-25(23)40/h4-18,32H,3H2,1-2H3,(H,42,43,44)/b29-16-/t32-/m1/s1. The minimum absolute atomic E-state index is 0.0787. The number of nitro benzene ring substituents is 1. The van der Waals surface area contributed by atoms with Gasteiger partial charge in [-0.3, -0.25) is 24.6 Å². The van der Waals surface area contributed by atoms with E-state index >= 15 is 0 Å². The summed E-state index contributed by atoms with van der Waals surface area (Å²) in [6.07, 6.45) is 1.54. The zero-order valence-corrected chi connectivity index (χ0v) is 32.0. The number of carbonyl (C=O) groups excluding carboxylic acids is 1. The Bertz CT molecular complexity index is 2680. The lowest BCUT2D eigenvalue weighted by molar-refractivity contribution is -0.387. The van der Waals surface area contributed by atoms with Crippen LogP contribution in [0.25, 0.3) is 23.2 Å². The Morgan fingerprint density at radius 2 is 1.81 bits per heavy atom. The number of halogens is 3. The van der Waals surface area contributed by atoms with Gasteiger partial charge in [-0.15, -0.1) is 5.10 Å². The molecule has 3 heterocycles. The molecule has 0 saturated heterocycles. The molecule has 2 aromatic heterocycles. The van der Waals surface area contributed by atoms with E-state index in [9.17, 15) is 19.7 Å². The van der Waals surface area contributed by atoms with Crippen molar-refractivity contribution in [3.63, 3.8) is 0 Å². The summed E-state index contributed by atoms with van der Waals surface area (Å²) in [5, 5.41) is 20.7. The van der Waals surface area contributed by atoms with Gasteiger partial charge in [0.1, 0.15) is 11.8 Å². The van der Waals surface area contributed by atoms with Crippen molar-refractivity contribution in [3.8, 4) is 17.1 Å². The molecule has 4 aromatic carbocycles. The second kappa shape index (κ2) is 15.6. The Morgan fingerprint density at radius 3 is 2.54 bits per heavy atom. The van der Waals surface area contributed by atoms with Crippen molar-refractivity contribution in [2.24, 2.45) is 4.99 Å². The second-order valence-electron chi connectivity index (χ2n) is 11.5. The summed E-state index contributed by atoms with van der Waals surface area (Å²) in [7, 11) is 1.48. The Labute approximate surface area is 329 Å². The van der Waals surface area contributed by atoms with Gasteiger partial charge in [0, 0.05) is 32.8 Å². The fourth-order valence-corrected chi connectivity index (χ4v) is 8.33. The summed E-state index contributed by atoms with van der Waals surface area (Å²) < 4.78 is 12.8. The molecule has 1 N–H and O–H groups in total. The summed E-state index contributed by atoms with van der Waals surface area (Å²) in [6.45, 7) is 1.77. The van der Waals surface area contributed by atoms with E-state index in [1.807, 2.05) is 30.3 Å². The highest BCUT2D eigenvalue weighted by Crippen LogP contribution is 2.40. The molecule has 6 aromatic rings. The van der Waals surface area contributed by atoms with Crippen LogP contribution in [0, 0.1) is 10.1 Å². The molecule has 12 nitrogen and oxygen atoms in total. The highest BCUT2D eigenvalue weighted by atomic mass is 35.5. The first-order valence-electron chi connectivity index (χ1n) is 16.0. The van der Waals surface area contributed by atoms with Gasteiger partial charge in [0.2, 0.25) is 5.16 Å². The van der Waals surface area contributed by atoms with E-state index in [0.717, 1.165) is 23.1 Å². The smallest absolute Gasteiger partial charge is 0.338 e. The van der Waals surface area contributed by atoms with Gasteiger partial charge in [-0.2, -0.15) is 0 Å². The summed E-state index contributed by atoms with van der Waals surface area (Å²) in [6, 6.07) is 22.5. The Hall–Kier alpha value is -5.25. The number of fused-ring (bicyclic) bond motifs is 1. The maximum atomic E-state index is 14.4. The molecular formula is C37H25Cl3N6O6S2. The number of methoxy groups -OCH3 is 1. The largest absolute Gasteiger partial charge is 0.496 e. The highest BCUT2D eigenvalue weighted by molar-refractivity contribution is 7.99. The first-order chi connectivity index (χ1) is 26.1. The van der Waals surface area contributed by atoms with Crippen LogP contribution < -0.4 is 19.6 Å². The van der Waals surface area contributed by atoms with E-state index < -0.39 is 22.5 Å². The maximum absolute atomic E-state index is 14.4. The van der Waals surface area contributed by atoms with Gasteiger partial charge in [-0.1, -0.05) is 82.5 Å². The molecule has 0 saturated carbocycles. The number of hydrogen-bond acceptors (Lipinski definition) is 11. The summed E-state index contributed by atoms with van der Waals surface area (Å²) in [4.78, 5) is 49.8. The van der Waals surface area contributed by atoms with Gasteiger partial charge < -0.3 is 9.47 Å². The number of thiazole rings is 1. The first-order valence-corrected chi connectivity index (χ1v) is 18.8. The Balaban J connectivity index is 1.34. The van der Waals surface area contributed by atoms with Crippen LogP contribution in [0.2, 0.25) is 15.1 Å². The first kappa shape index (κ1) is 37.1. The number of carbonyl (C=O) groups is 1. The summed E-state index contributed by atoms with van der Waals surface area (Å²) in [5.74, 6) is 0.0811. The number of aromatic amines is 1. The molecule has 1 aliphatic rings. The average molecular weight is 820 g/mol. The number of nitro groups is 1. The Morgan fingerprint density at radius 1 is 1.06 bits per heavy atom. The molecule has 0 amide bonds. The molecular weight excluding hydrogens is 795 g/mol. The van der Waals surface area contributed by atoms with Crippen LogP contribution in [0.4, 0.5) is 5.69 Å². The second-order valence-corrected chi connectivity index (χ2v) is 14.8. The number of nitrogens with one attached hydrogen (secondary N) is 1. The van der Waals surface area contributed by atoms with E-state index in [4.69, 9.17) is 49.3 Å². The van der Waals surface area contributed by atoms with Crippen molar-refractivity contribution in [2.75, 3.05) is 13.7 Å². The van der Waals surface area contributed by atoms with E-state index in [1.165, 1.54) is 17.7 Å². The summed E-state index contributed by atoms with van der Waals surface area (Å²) in [5.41, 5.74) is 1.73. The monoisotopic (exact) mass is 818 g/mol. The molecule has 0 radical (unpaired) electrons. The number of H-pyrrole nitrogens is 1. The fraction of sp³-hybridized carbons (Fsp3) is 0.108. The van der Waals surface area contributed by atoms with Crippen molar-refractivity contribution in [1.82, 2.24) is 19.7 Å². The van der Waals surface area contributed by atoms with E-state index in [-0.39, 0.29) is 37.3 Å². The van der Waals surface area contributed by atoms with Crippen molar-refractivity contribution in [3.05, 3.63) is 152 Å². The number of hydrogen-bond donors (Lipinski definition) is 1. The zero-order valence-electron chi connectivity index (χ0n) is 28.1. The highest BCUT2D eigenvalue weighted by Gasteiger charge is 2.37. The molecule has 0 bridgehead atoms. The lowest BCUT2D eigenvalue weighted by Crippen LogP contribution is -2.40. The van der Waals surface area contributed by atoms with E-state index in [1.54, 1.807) is 61.5 Å². The van der Waals surface area contributed by atoms with Crippen LogP contribution in [-0.4, -0.2) is 44.4 Å². The molecule has 0 spiro atoms. The third-order valence-electron chi connectivity index (χ3n) is 8.19. The molecule has 54 heavy (non-hydrogen) atoms. The molecule has 17 heteroatoms. The van der Waals surface area contributed by atoms with Gasteiger partial charge in [0.25, 0.3) is 11.2 Å². The number of ether oxygens (including phenoxy) is 2. The molecule has 272 valence electrons. The average Bonchev–Trinajstić information content (AvgIpc) is 3.75. The van der Waals surface area contributed by atoms with Crippen LogP contribution in [0.1, 0.15) is 29.7 Å². The van der Waals surface area contributed by atoms with Gasteiger partial charge in [0.05, 0.1) is 44.4 Å². The number of rotatable bonds is 10. The SMILES string of the molecule is CCOC(=O)C1=C(c2ccccc2)N=c2s/c(=C\c3ccc(Sc4n[nH]c(-c5ccc(Cl)cc5Cl)n4)c([N+](=O)[O-])c3)c(=O)n2[C@@H]1c1cc(Cl)ccc1OC. The van der Waals surface area contributed by atoms with Crippen LogP contribution in [0.3, 0.4) is 0 Å². The normalized spacial score (nSPS) is 14.1. The minimum atomic E-state index is -1.05. The van der Waals surface area contributed by atoms with Gasteiger partial charge in [0.15, 0.2) is 10.6 Å². The van der Waals surface area contributed by atoms with E-state index in [0.29, 0.717) is 54.6 Å². The minimum Gasteiger partial charge on any atom is -0.496 e. The van der Waals surface area contributed by atoms with Crippen LogP contribution in [0.15, 0.2) is 110 Å². The lowest BCUT2D eigenvalue weighted by atomic mass is 9.92. The van der Waals surface area contributed by atoms with Crippen LogP contribution in [0.5, 0.6) is 5.75 Å². The molecule has 1 aliphatic heterocycles. The van der Waals surface area contributed by atoms with Crippen molar-refractivity contribution >= 4 is 81.3 Å². The third kappa shape index (κ3) is 7.30. The maximum Gasteiger partial charge on any atom is 0.338 e. The molecule has 0 fully saturated rings. The van der Waals surface area contributed by atoms with Crippen LogP contribution in [-0.2, 0) is 9.53 Å². The Kier molecular flexibility index (Phi) is 10.7. The van der Waals surface area contributed by atoms with E-state index in [2.05, 4.69) is 15.2 Å². The number of benzene rings is 4. The molecule has 0 unspecified atom stereocenters. The molecule has 7 rings (SSSR count). The number of nitrogens with zero attached hydrogens (tertiary/aromatic N) is 5. The van der Waals surface area contributed by atoms with Crippen molar-refractivity contribution in [1.29, 1.82) is 0 Å². The summed E-state index contributed by atoms with van der Waals surface area (Å²) >= 11 is 20.9. The van der Waals surface area contributed by atoms with Crippen molar-refractivity contribution in [2.45, 2.75) is 23.0 Å². The van der Waals surface area contributed by atoms with Crippen molar-refractivity contribution < 1.29 is 19.2 Å². The van der Waals surface area contributed by atoms with Gasteiger partial charge >= 0.3 is 5.97 Å². The number of aromatic nitrogens is 4. The third-order valence-corrected chi connectivity index (χ3v) is 10.9. The molecule has 0 aliphatic carbocycles. The quantitative estimate of drug-likeness (QED) is 0.0830.